The molecule has 0 aromatic carbocycles. The second-order valence-electron chi connectivity index (χ2n) is 1.38. The van der Waals surface area contributed by atoms with Gasteiger partial charge in [-0.15, -0.1) is 12.6 Å². The SMILES string of the molecule is COC(S)C(S)CO. The second kappa shape index (κ2) is 4.49. The van der Waals surface area contributed by atoms with Crippen LogP contribution >= 0.6 is 25.3 Å². The van der Waals surface area contributed by atoms with Crippen LogP contribution in [0.3, 0.4) is 0 Å². The lowest BCUT2D eigenvalue weighted by Crippen LogP contribution is -2.20. The molecule has 2 nitrogen and oxygen atoms in total. The van der Waals surface area contributed by atoms with Gasteiger partial charge in [0.15, 0.2) is 0 Å². The van der Waals surface area contributed by atoms with E-state index in [1.165, 1.54) is 7.11 Å². The smallest absolute Gasteiger partial charge is 0.113 e. The van der Waals surface area contributed by atoms with Crippen molar-refractivity contribution in [3.05, 3.63) is 0 Å². The van der Waals surface area contributed by atoms with Gasteiger partial charge in [0, 0.05) is 7.11 Å². The van der Waals surface area contributed by atoms with Gasteiger partial charge in [0.2, 0.25) is 0 Å². The Morgan fingerprint density at radius 1 is 1.62 bits per heavy atom. The number of aliphatic hydroxyl groups excluding tert-OH is 1. The van der Waals surface area contributed by atoms with Gasteiger partial charge in [-0.1, -0.05) is 0 Å². The zero-order chi connectivity index (χ0) is 6.57. The lowest BCUT2D eigenvalue weighted by atomic mass is 10.5. The van der Waals surface area contributed by atoms with Crippen LogP contribution in [0.2, 0.25) is 0 Å². The summed E-state index contributed by atoms with van der Waals surface area (Å²) in [4.78, 5) is 0. The van der Waals surface area contributed by atoms with Crippen LogP contribution in [0.1, 0.15) is 0 Å². The Kier molecular flexibility index (Phi) is 4.84. The predicted octanol–water partition coefficient (Wildman–Crippen LogP) is 0.179. The number of hydrogen-bond donors (Lipinski definition) is 3. The van der Waals surface area contributed by atoms with Crippen LogP contribution < -0.4 is 0 Å². The van der Waals surface area contributed by atoms with Gasteiger partial charge in [0.05, 0.1) is 11.9 Å². The molecule has 0 aromatic heterocycles. The number of rotatable bonds is 3. The summed E-state index contributed by atoms with van der Waals surface area (Å²) in [5.74, 6) is 0. The van der Waals surface area contributed by atoms with Gasteiger partial charge in [-0.05, 0) is 0 Å². The molecule has 0 amide bonds. The van der Waals surface area contributed by atoms with E-state index in [2.05, 4.69) is 25.3 Å². The predicted molar refractivity (Wildman–Crippen MR) is 39.6 cm³/mol. The summed E-state index contributed by atoms with van der Waals surface area (Å²) >= 11 is 7.90. The second-order valence-corrected chi connectivity index (χ2v) is 2.55. The van der Waals surface area contributed by atoms with Gasteiger partial charge in [0.1, 0.15) is 5.44 Å². The van der Waals surface area contributed by atoms with E-state index in [1.807, 2.05) is 0 Å². The van der Waals surface area contributed by atoms with Crippen molar-refractivity contribution >= 4 is 25.3 Å². The third kappa shape index (κ3) is 2.81. The third-order valence-electron chi connectivity index (χ3n) is 0.758. The Morgan fingerprint density at radius 2 is 2.12 bits per heavy atom. The fourth-order valence-electron chi connectivity index (χ4n) is 0.247. The first-order valence-electron chi connectivity index (χ1n) is 2.22. The van der Waals surface area contributed by atoms with Gasteiger partial charge in [0.25, 0.3) is 0 Å². The maximum Gasteiger partial charge on any atom is 0.113 e. The van der Waals surface area contributed by atoms with Crippen molar-refractivity contribution in [1.82, 2.24) is 0 Å². The molecule has 2 atom stereocenters. The maximum absolute atomic E-state index is 8.43. The fraction of sp³-hybridized carbons (Fsp3) is 1.00. The highest BCUT2D eigenvalue weighted by Gasteiger charge is 2.09. The Hall–Kier alpha value is 0.620. The molecule has 8 heavy (non-hydrogen) atoms. The van der Waals surface area contributed by atoms with Gasteiger partial charge in [-0.3, -0.25) is 0 Å². The molecule has 0 spiro atoms. The summed E-state index contributed by atoms with van der Waals surface area (Å²) in [5.41, 5.74) is -0.275. The topological polar surface area (TPSA) is 29.5 Å². The van der Waals surface area contributed by atoms with Crippen LogP contribution in [0, 0.1) is 0 Å². The van der Waals surface area contributed by atoms with E-state index >= 15 is 0 Å². The fourth-order valence-corrected chi connectivity index (χ4v) is 0.463. The molecule has 0 aromatic rings. The Bertz CT molecular complexity index is 52.0. The monoisotopic (exact) mass is 154 g/mol. The molecular weight excluding hydrogens is 144 g/mol. The van der Waals surface area contributed by atoms with E-state index in [1.54, 1.807) is 0 Å². The van der Waals surface area contributed by atoms with Gasteiger partial charge >= 0.3 is 0 Å². The molecule has 0 bridgehead atoms. The molecule has 0 rings (SSSR count). The molecule has 0 saturated carbocycles. The summed E-state index contributed by atoms with van der Waals surface area (Å²) in [6, 6.07) is 0. The molecule has 0 aliphatic carbocycles. The number of aliphatic hydroxyl groups is 1. The van der Waals surface area contributed by atoms with Gasteiger partial charge < -0.3 is 9.84 Å². The first-order valence-corrected chi connectivity index (χ1v) is 3.25. The highest BCUT2D eigenvalue weighted by Crippen LogP contribution is 2.07. The van der Waals surface area contributed by atoms with E-state index in [9.17, 15) is 0 Å². The van der Waals surface area contributed by atoms with Crippen LogP contribution in [-0.4, -0.2) is 29.5 Å². The lowest BCUT2D eigenvalue weighted by molar-refractivity contribution is 0.149. The minimum Gasteiger partial charge on any atom is -0.395 e. The van der Waals surface area contributed by atoms with Crippen LogP contribution in [0.5, 0.6) is 0 Å². The van der Waals surface area contributed by atoms with Crippen molar-refractivity contribution in [1.29, 1.82) is 0 Å². The molecule has 0 saturated heterocycles. The van der Waals surface area contributed by atoms with Crippen molar-refractivity contribution in [3.8, 4) is 0 Å². The number of hydrogen-bond acceptors (Lipinski definition) is 4. The van der Waals surface area contributed by atoms with Gasteiger partial charge in [-0.2, -0.15) is 12.6 Å². The molecule has 0 heterocycles. The summed E-state index contributed by atoms with van der Waals surface area (Å²) in [6.07, 6.45) is 0. The molecule has 0 aliphatic heterocycles. The molecular formula is C4H10O2S2. The average Bonchev–Trinajstić information content (AvgIpc) is 1.84. The maximum atomic E-state index is 8.43. The van der Waals surface area contributed by atoms with Gasteiger partial charge in [-0.25, -0.2) is 0 Å². The van der Waals surface area contributed by atoms with Crippen molar-refractivity contribution in [2.24, 2.45) is 0 Å². The largest absolute Gasteiger partial charge is 0.395 e. The lowest BCUT2D eigenvalue weighted by Gasteiger charge is -2.12. The molecule has 50 valence electrons. The molecule has 0 fully saturated rings. The standard InChI is InChI=1S/C4H10O2S2/c1-6-4(8)3(7)2-5/h3-5,7-8H,2H2,1H3. The number of ether oxygens (including phenoxy) is 1. The average molecular weight is 154 g/mol. The van der Waals surface area contributed by atoms with E-state index in [-0.39, 0.29) is 17.3 Å². The van der Waals surface area contributed by atoms with Crippen LogP contribution in [-0.2, 0) is 4.74 Å². The van der Waals surface area contributed by atoms with Crippen molar-refractivity contribution in [2.45, 2.75) is 10.7 Å². The summed E-state index contributed by atoms with van der Waals surface area (Å²) in [5, 5.41) is 8.24. The first-order chi connectivity index (χ1) is 3.72. The molecule has 1 N–H and O–H groups in total. The summed E-state index contributed by atoms with van der Waals surface area (Å²) in [6.45, 7) is -0.00881. The van der Waals surface area contributed by atoms with Crippen molar-refractivity contribution in [2.75, 3.05) is 13.7 Å². The highest BCUT2D eigenvalue weighted by atomic mass is 32.1. The third-order valence-corrected chi connectivity index (χ3v) is 2.00. The molecule has 0 radical (unpaired) electrons. The number of methoxy groups -OCH3 is 1. The summed E-state index contributed by atoms with van der Waals surface area (Å²) in [7, 11) is 1.52. The quantitative estimate of drug-likeness (QED) is 0.400. The number of thiol groups is 2. The molecule has 4 heteroatoms. The minimum absolute atomic E-state index is 0.00881. The van der Waals surface area contributed by atoms with E-state index < -0.39 is 0 Å². The zero-order valence-corrected chi connectivity index (χ0v) is 6.40. The molecule has 0 aliphatic rings. The van der Waals surface area contributed by atoms with Crippen molar-refractivity contribution in [3.63, 3.8) is 0 Å². The van der Waals surface area contributed by atoms with E-state index in [4.69, 9.17) is 9.84 Å². The molecule has 2 unspecified atom stereocenters. The first kappa shape index (κ1) is 8.62. The van der Waals surface area contributed by atoms with E-state index in [0.717, 1.165) is 0 Å². The van der Waals surface area contributed by atoms with Crippen LogP contribution in [0.25, 0.3) is 0 Å². The zero-order valence-electron chi connectivity index (χ0n) is 4.61. The van der Waals surface area contributed by atoms with Crippen molar-refractivity contribution < 1.29 is 9.84 Å². The Labute approximate surface area is 60.1 Å². The highest BCUT2D eigenvalue weighted by molar-refractivity contribution is 7.85. The van der Waals surface area contributed by atoms with E-state index in [0.29, 0.717) is 0 Å². The summed E-state index contributed by atoms with van der Waals surface area (Å²) < 4.78 is 4.73. The Morgan fingerprint density at radius 3 is 2.25 bits per heavy atom. The minimum atomic E-state index is -0.275. The van der Waals surface area contributed by atoms with Crippen LogP contribution in [0.15, 0.2) is 0 Å². The Balaban J connectivity index is 3.29. The van der Waals surface area contributed by atoms with Crippen LogP contribution in [0.4, 0.5) is 0 Å². The normalized spacial score (nSPS) is 18.0.